The minimum Gasteiger partial charge on any atom is -0.382 e. The van der Waals surface area contributed by atoms with Crippen molar-refractivity contribution in [1.82, 2.24) is 10.2 Å². The number of hydrogen-bond donors (Lipinski definition) is 1. The summed E-state index contributed by atoms with van der Waals surface area (Å²) in [6.45, 7) is 7.21. The van der Waals surface area contributed by atoms with E-state index in [1.165, 1.54) is 38.5 Å². The number of rotatable bonds is 8. The molecule has 0 aromatic heterocycles. The highest BCUT2D eigenvalue weighted by Crippen LogP contribution is 2.53. The highest BCUT2D eigenvalue weighted by atomic mass is 127. The van der Waals surface area contributed by atoms with Gasteiger partial charge in [-0.2, -0.15) is 0 Å². The van der Waals surface area contributed by atoms with E-state index >= 15 is 0 Å². The van der Waals surface area contributed by atoms with Crippen molar-refractivity contribution in [2.75, 3.05) is 53.7 Å². The van der Waals surface area contributed by atoms with Gasteiger partial charge in [-0.15, -0.1) is 24.0 Å². The van der Waals surface area contributed by atoms with Gasteiger partial charge in [-0.1, -0.05) is 19.3 Å². The Labute approximate surface area is 188 Å². The number of nitrogens with zero attached hydrogens (tertiary/aromatic N) is 2. The maximum atomic E-state index is 6.10. The molecule has 3 aliphatic rings. The quantitative estimate of drug-likeness (QED) is 0.236. The topological polar surface area (TPSA) is 55.3 Å². The van der Waals surface area contributed by atoms with Gasteiger partial charge >= 0.3 is 0 Å². The maximum absolute atomic E-state index is 6.10. The molecule has 3 rings (SSSR count). The SMILES string of the molecule is CCOC1CC(NC(=NC)N2CCC(COCCOC)C2)C12CCCCC2.I. The van der Waals surface area contributed by atoms with Crippen molar-refractivity contribution in [2.45, 2.75) is 64.0 Å². The molecule has 28 heavy (non-hydrogen) atoms. The zero-order valence-electron chi connectivity index (χ0n) is 18.0. The molecule has 7 heteroatoms. The molecule has 2 aliphatic carbocycles. The Bertz CT molecular complexity index is 486. The van der Waals surface area contributed by atoms with Gasteiger partial charge in [0.15, 0.2) is 5.96 Å². The van der Waals surface area contributed by atoms with Gasteiger partial charge in [0.25, 0.3) is 0 Å². The Morgan fingerprint density at radius 3 is 2.68 bits per heavy atom. The van der Waals surface area contributed by atoms with Gasteiger partial charge in [-0.25, -0.2) is 0 Å². The van der Waals surface area contributed by atoms with E-state index in [1.54, 1.807) is 7.11 Å². The van der Waals surface area contributed by atoms with Crippen LogP contribution in [-0.2, 0) is 14.2 Å². The van der Waals surface area contributed by atoms with Crippen molar-refractivity contribution in [3.05, 3.63) is 0 Å². The van der Waals surface area contributed by atoms with Crippen LogP contribution >= 0.6 is 24.0 Å². The van der Waals surface area contributed by atoms with Gasteiger partial charge in [0.05, 0.1) is 25.9 Å². The molecule has 3 fully saturated rings. The summed E-state index contributed by atoms with van der Waals surface area (Å²) >= 11 is 0. The monoisotopic (exact) mass is 509 g/mol. The molecule has 3 unspecified atom stereocenters. The Balaban J connectivity index is 0.00000280. The van der Waals surface area contributed by atoms with Crippen molar-refractivity contribution in [3.8, 4) is 0 Å². The molecule has 0 amide bonds. The van der Waals surface area contributed by atoms with Crippen LogP contribution in [0.1, 0.15) is 51.9 Å². The Hall–Kier alpha value is -0.120. The molecule has 0 aromatic carbocycles. The fourth-order valence-corrected chi connectivity index (χ4v) is 5.27. The number of ether oxygens (including phenoxy) is 3. The van der Waals surface area contributed by atoms with Crippen LogP contribution in [0.5, 0.6) is 0 Å². The van der Waals surface area contributed by atoms with Crippen molar-refractivity contribution < 1.29 is 14.2 Å². The molecule has 6 nitrogen and oxygen atoms in total. The van der Waals surface area contributed by atoms with Crippen LogP contribution < -0.4 is 5.32 Å². The molecule has 0 radical (unpaired) electrons. The molecule has 1 spiro atoms. The molecule has 164 valence electrons. The second-order valence-corrected chi connectivity index (χ2v) is 8.39. The largest absolute Gasteiger partial charge is 0.382 e. The lowest BCUT2D eigenvalue weighted by Crippen LogP contribution is -2.66. The van der Waals surface area contributed by atoms with Crippen molar-refractivity contribution in [2.24, 2.45) is 16.3 Å². The van der Waals surface area contributed by atoms with Crippen molar-refractivity contribution in [3.63, 3.8) is 0 Å². The summed E-state index contributed by atoms with van der Waals surface area (Å²) in [5.74, 6) is 1.65. The normalized spacial score (nSPS) is 29.5. The lowest BCUT2D eigenvalue weighted by molar-refractivity contribution is -0.146. The average Bonchev–Trinajstić information content (AvgIpc) is 3.17. The fourth-order valence-electron chi connectivity index (χ4n) is 5.27. The summed E-state index contributed by atoms with van der Waals surface area (Å²) in [4.78, 5) is 7.03. The van der Waals surface area contributed by atoms with E-state index in [-0.39, 0.29) is 24.0 Å². The molecule has 3 atom stereocenters. The fraction of sp³-hybridized carbons (Fsp3) is 0.952. The number of halogens is 1. The predicted molar refractivity (Wildman–Crippen MR) is 124 cm³/mol. The Morgan fingerprint density at radius 2 is 2.00 bits per heavy atom. The predicted octanol–water partition coefficient (Wildman–Crippen LogP) is 3.29. The standard InChI is InChI=1S/C21H39N3O3.HI/c1-4-27-19-14-18(21(19)9-6-5-7-10-21)23-20(22-2)24-11-8-17(15-24)16-26-13-12-25-3;/h17-19H,4-16H2,1-3H3,(H,22,23);1H. The lowest BCUT2D eigenvalue weighted by atomic mass is 9.55. The summed E-state index contributed by atoms with van der Waals surface area (Å²) in [5, 5.41) is 3.83. The van der Waals surface area contributed by atoms with Crippen LogP contribution in [0.15, 0.2) is 4.99 Å². The number of likely N-dealkylation sites (tertiary alicyclic amines) is 1. The van der Waals surface area contributed by atoms with Gasteiger partial charge in [-0.05, 0) is 32.6 Å². The molecule has 2 saturated carbocycles. The van der Waals surface area contributed by atoms with Gasteiger partial charge in [-0.3, -0.25) is 4.99 Å². The van der Waals surface area contributed by atoms with Crippen LogP contribution in [0.4, 0.5) is 0 Å². The molecule has 0 aromatic rings. The number of nitrogens with one attached hydrogen (secondary N) is 1. The zero-order chi connectivity index (χ0) is 19.1. The number of guanidine groups is 1. The van der Waals surface area contributed by atoms with E-state index < -0.39 is 0 Å². The smallest absolute Gasteiger partial charge is 0.193 e. The summed E-state index contributed by atoms with van der Waals surface area (Å²) < 4.78 is 16.9. The van der Waals surface area contributed by atoms with E-state index in [2.05, 4.69) is 22.1 Å². The minimum absolute atomic E-state index is 0. The Morgan fingerprint density at radius 1 is 1.21 bits per heavy atom. The number of methoxy groups -OCH3 is 1. The summed E-state index contributed by atoms with van der Waals surface area (Å²) in [6, 6.07) is 0.505. The van der Waals surface area contributed by atoms with Gasteiger partial charge in [0.1, 0.15) is 0 Å². The first-order valence-electron chi connectivity index (χ1n) is 10.9. The lowest BCUT2D eigenvalue weighted by Gasteiger charge is -2.58. The van der Waals surface area contributed by atoms with Crippen LogP contribution in [0.25, 0.3) is 0 Å². The summed E-state index contributed by atoms with van der Waals surface area (Å²) in [6.07, 6.45) is 9.35. The van der Waals surface area contributed by atoms with E-state index in [0.717, 1.165) is 38.7 Å². The summed E-state index contributed by atoms with van der Waals surface area (Å²) in [5.41, 5.74) is 0.326. The molecule has 0 bridgehead atoms. The average molecular weight is 509 g/mol. The summed E-state index contributed by atoms with van der Waals surface area (Å²) in [7, 11) is 3.63. The molecule has 1 N–H and O–H groups in total. The first-order valence-corrected chi connectivity index (χ1v) is 10.9. The second-order valence-electron chi connectivity index (χ2n) is 8.39. The molecule has 1 heterocycles. The third-order valence-electron chi connectivity index (χ3n) is 6.82. The van der Waals surface area contributed by atoms with E-state index in [1.807, 2.05) is 7.05 Å². The van der Waals surface area contributed by atoms with Crippen LogP contribution in [0.3, 0.4) is 0 Å². The number of hydrogen-bond acceptors (Lipinski definition) is 4. The number of aliphatic imine (C=N–C) groups is 1. The van der Waals surface area contributed by atoms with E-state index in [0.29, 0.717) is 36.7 Å². The minimum atomic E-state index is 0. The highest BCUT2D eigenvalue weighted by molar-refractivity contribution is 14.0. The third-order valence-corrected chi connectivity index (χ3v) is 6.82. The van der Waals surface area contributed by atoms with Crippen LogP contribution in [-0.4, -0.2) is 76.7 Å². The van der Waals surface area contributed by atoms with Gasteiger partial charge in [0, 0.05) is 51.2 Å². The maximum Gasteiger partial charge on any atom is 0.193 e. The van der Waals surface area contributed by atoms with Gasteiger partial charge < -0.3 is 24.4 Å². The molecular weight excluding hydrogens is 469 g/mol. The zero-order valence-corrected chi connectivity index (χ0v) is 20.3. The first-order chi connectivity index (χ1) is 13.2. The van der Waals surface area contributed by atoms with Crippen LogP contribution in [0.2, 0.25) is 0 Å². The van der Waals surface area contributed by atoms with E-state index in [4.69, 9.17) is 14.2 Å². The van der Waals surface area contributed by atoms with Crippen molar-refractivity contribution >= 4 is 29.9 Å². The van der Waals surface area contributed by atoms with E-state index in [9.17, 15) is 0 Å². The Kier molecular flexibility index (Phi) is 10.3. The first kappa shape index (κ1) is 24.2. The molecular formula is C21H40IN3O3. The molecule has 1 aliphatic heterocycles. The van der Waals surface area contributed by atoms with Crippen LogP contribution in [0, 0.1) is 11.3 Å². The highest BCUT2D eigenvalue weighted by Gasteiger charge is 2.56. The second kappa shape index (κ2) is 11.9. The van der Waals surface area contributed by atoms with Crippen molar-refractivity contribution in [1.29, 1.82) is 0 Å². The molecule has 1 saturated heterocycles. The van der Waals surface area contributed by atoms with Gasteiger partial charge in [0.2, 0.25) is 0 Å². The third kappa shape index (κ3) is 5.52.